The normalized spacial score (nSPS) is 11.4. The Morgan fingerprint density at radius 3 is 2.17 bits per heavy atom. The summed E-state index contributed by atoms with van der Waals surface area (Å²) in [5, 5.41) is 11.4. The van der Waals surface area contributed by atoms with Crippen molar-refractivity contribution in [3.63, 3.8) is 0 Å². The van der Waals surface area contributed by atoms with E-state index in [4.69, 9.17) is 11.6 Å². The van der Waals surface area contributed by atoms with Crippen molar-refractivity contribution in [3.8, 4) is 0 Å². The summed E-state index contributed by atoms with van der Waals surface area (Å²) >= 11 is 7.42. The van der Waals surface area contributed by atoms with Gasteiger partial charge in [-0.15, -0.1) is 11.8 Å². The Kier molecular flexibility index (Phi) is 9.71. The number of benzene rings is 5. The number of carbonyl (C=O) groups excluding carboxylic acids is 3. The van der Waals surface area contributed by atoms with E-state index in [9.17, 15) is 14.4 Å². The first kappa shape index (κ1) is 31.7. The van der Waals surface area contributed by atoms with Crippen LogP contribution >= 0.6 is 23.4 Å². The van der Waals surface area contributed by atoms with Gasteiger partial charge in [-0.3, -0.25) is 14.4 Å². The van der Waals surface area contributed by atoms with Crippen LogP contribution in [0.3, 0.4) is 0 Å². The van der Waals surface area contributed by atoms with E-state index in [0.29, 0.717) is 21.8 Å². The second-order valence-corrected chi connectivity index (χ2v) is 12.2. The first-order valence-electron chi connectivity index (χ1n) is 15.1. The van der Waals surface area contributed by atoms with Gasteiger partial charge in [-0.25, -0.2) is 0 Å². The van der Waals surface area contributed by atoms with Gasteiger partial charge in [0.05, 0.1) is 5.75 Å². The fourth-order valence-corrected chi connectivity index (χ4v) is 6.14. The van der Waals surface area contributed by atoms with Gasteiger partial charge in [-0.2, -0.15) is 0 Å². The summed E-state index contributed by atoms with van der Waals surface area (Å²) in [7, 11) is 0. The molecule has 0 atom stereocenters. The molecule has 0 spiro atoms. The summed E-state index contributed by atoms with van der Waals surface area (Å²) < 4.78 is 2.27. The molecular weight excluding hydrogens is 628 g/mol. The monoisotopic (exact) mass is 658 g/mol. The molecule has 234 valence electrons. The minimum atomic E-state index is -0.483. The van der Waals surface area contributed by atoms with Crippen LogP contribution in [0.1, 0.15) is 22.8 Å². The molecule has 0 radical (unpaired) electrons. The topological polar surface area (TPSA) is 92.2 Å². The van der Waals surface area contributed by atoms with Crippen molar-refractivity contribution >= 4 is 80.3 Å². The summed E-state index contributed by atoms with van der Waals surface area (Å²) in [6, 6.07) is 37.1. The van der Waals surface area contributed by atoms with Gasteiger partial charge in [0.1, 0.15) is 5.70 Å². The summed E-state index contributed by atoms with van der Waals surface area (Å²) in [6.45, 7) is 2.99. The number of carbonyl (C=O) groups is 3. The summed E-state index contributed by atoms with van der Waals surface area (Å²) in [6.07, 6.45) is 1.59. The molecule has 6 aromatic rings. The number of rotatable bonds is 10. The molecular formula is C38H31ClN4O3S. The van der Waals surface area contributed by atoms with Crippen molar-refractivity contribution in [2.45, 2.75) is 18.4 Å². The van der Waals surface area contributed by atoms with Crippen LogP contribution < -0.4 is 16.0 Å². The van der Waals surface area contributed by atoms with Crippen LogP contribution in [0.2, 0.25) is 5.02 Å². The van der Waals surface area contributed by atoms with Crippen molar-refractivity contribution in [3.05, 3.63) is 143 Å². The number of hydrogen-bond donors (Lipinski definition) is 3. The van der Waals surface area contributed by atoms with Crippen molar-refractivity contribution < 1.29 is 14.4 Å². The maximum absolute atomic E-state index is 13.3. The van der Waals surface area contributed by atoms with Gasteiger partial charge in [0.2, 0.25) is 5.91 Å². The van der Waals surface area contributed by atoms with Gasteiger partial charge in [-0.1, -0.05) is 60.1 Å². The molecule has 3 N–H and O–H groups in total. The van der Waals surface area contributed by atoms with E-state index in [2.05, 4.69) is 45.6 Å². The third kappa shape index (κ3) is 7.57. The van der Waals surface area contributed by atoms with E-state index in [1.54, 1.807) is 66.7 Å². The molecule has 6 rings (SSSR count). The highest BCUT2D eigenvalue weighted by molar-refractivity contribution is 8.00. The maximum atomic E-state index is 13.3. The fourth-order valence-electron chi connectivity index (χ4n) is 5.32. The number of para-hydroxylation sites is 1. The molecule has 47 heavy (non-hydrogen) atoms. The number of nitrogens with zero attached hydrogens (tertiary/aromatic N) is 1. The van der Waals surface area contributed by atoms with E-state index >= 15 is 0 Å². The summed E-state index contributed by atoms with van der Waals surface area (Å²) in [4.78, 5) is 39.9. The third-order valence-corrected chi connectivity index (χ3v) is 8.83. The lowest BCUT2D eigenvalue weighted by atomic mass is 10.1. The van der Waals surface area contributed by atoms with Crippen LogP contribution in [0, 0.1) is 0 Å². The van der Waals surface area contributed by atoms with E-state index in [-0.39, 0.29) is 17.4 Å². The molecule has 0 aliphatic rings. The van der Waals surface area contributed by atoms with E-state index < -0.39 is 11.8 Å². The van der Waals surface area contributed by atoms with Crippen molar-refractivity contribution in [1.29, 1.82) is 0 Å². The molecule has 7 nitrogen and oxygen atoms in total. The molecule has 1 aromatic heterocycles. The molecule has 0 unspecified atom stereocenters. The minimum absolute atomic E-state index is 0.0775. The Hall–Kier alpha value is -5.31. The number of fused-ring (bicyclic) bond motifs is 3. The largest absolute Gasteiger partial charge is 0.341 e. The van der Waals surface area contributed by atoms with Crippen LogP contribution in [0.25, 0.3) is 27.9 Å². The Bertz CT molecular complexity index is 2110. The molecule has 0 fully saturated rings. The lowest BCUT2D eigenvalue weighted by Crippen LogP contribution is -2.30. The first-order chi connectivity index (χ1) is 22.9. The quantitative estimate of drug-likeness (QED) is 0.102. The Morgan fingerprint density at radius 1 is 0.745 bits per heavy atom. The fraction of sp³-hybridized carbons (Fsp3) is 0.0789. The average molecular weight is 659 g/mol. The number of aromatic nitrogens is 1. The van der Waals surface area contributed by atoms with Gasteiger partial charge in [-0.05, 0) is 91.4 Å². The second kappa shape index (κ2) is 14.4. The standard InChI is InChI=1S/C38H31ClN4O3S/c1-2-43-34-11-7-6-10-31(34)32-23-29(18-21-35(32)43)40-36(44)24-47-30-19-16-28(17-20-30)41-38(46)33(22-25-12-14-27(39)15-13-25)42-37(45)26-8-4-3-5-9-26/h3-23H,2,24H2,1H3,(H,40,44)(H,41,46)(H,42,45)/b33-22-. The zero-order valence-corrected chi connectivity index (χ0v) is 27.1. The molecule has 0 saturated carbocycles. The van der Waals surface area contributed by atoms with Crippen LogP contribution in [0.15, 0.2) is 132 Å². The second-order valence-electron chi connectivity index (χ2n) is 10.7. The van der Waals surface area contributed by atoms with Crippen molar-refractivity contribution in [2.75, 3.05) is 16.4 Å². The zero-order chi connectivity index (χ0) is 32.8. The number of thioether (sulfide) groups is 1. The highest BCUT2D eigenvalue weighted by Crippen LogP contribution is 2.31. The SMILES string of the molecule is CCn1c2ccccc2c2cc(NC(=O)CSc3ccc(NC(=O)/C(=C/c4ccc(Cl)cc4)NC(=O)c4ccccc4)cc3)ccc21. The minimum Gasteiger partial charge on any atom is -0.341 e. The van der Waals surface area contributed by atoms with Crippen LogP contribution in [-0.4, -0.2) is 28.0 Å². The number of aryl methyl sites for hydroxylation is 1. The first-order valence-corrected chi connectivity index (χ1v) is 16.4. The number of amides is 3. The molecule has 1 heterocycles. The average Bonchev–Trinajstić information content (AvgIpc) is 3.41. The van der Waals surface area contributed by atoms with Crippen molar-refractivity contribution in [1.82, 2.24) is 9.88 Å². The van der Waals surface area contributed by atoms with Gasteiger partial charge < -0.3 is 20.5 Å². The molecule has 0 aliphatic carbocycles. The highest BCUT2D eigenvalue weighted by atomic mass is 35.5. The van der Waals surface area contributed by atoms with Crippen molar-refractivity contribution in [2.24, 2.45) is 0 Å². The van der Waals surface area contributed by atoms with Gasteiger partial charge in [0.25, 0.3) is 11.8 Å². The van der Waals surface area contributed by atoms with Gasteiger partial charge in [0.15, 0.2) is 0 Å². The van der Waals surface area contributed by atoms with E-state index in [1.165, 1.54) is 17.3 Å². The Morgan fingerprint density at radius 2 is 1.43 bits per heavy atom. The molecule has 9 heteroatoms. The molecule has 3 amide bonds. The maximum Gasteiger partial charge on any atom is 0.272 e. The zero-order valence-electron chi connectivity index (χ0n) is 25.5. The molecule has 5 aromatic carbocycles. The summed E-state index contributed by atoms with van der Waals surface area (Å²) in [5.41, 5.74) is 4.81. The van der Waals surface area contributed by atoms with Gasteiger partial charge >= 0.3 is 0 Å². The summed E-state index contributed by atoms with van der Waals surface area (Å²) in [5.74, 6) is -0.779. The van der Waals surface area contributed by atoms with E-state index in [1.807, 2.05) is 42.5 Å². The number of anilines is 2. The van der Waals surface area contributed by atoms with Gasteiger partial charge in [0, 0.05) is 55.2 Å². The van der Waals surface area contributed by atoms with Crippen LogP contribution in [-0.2, 0) is 16.1 Å². The third-order valence-electron chi connectivity index (χ3n) is 7.56. The number of nitrogens with one attached hydrogen (secondary N) is 3. The Labute approximate surface area is 281 Å². The predicted molar refractivity (Wildman–Crippen MR) is 193 cm³/mol. The molecule has 0 bridgehead atoms. The lowest BCUT2D eigenvalue weighted by molar-refractivity contribution is -0.114. The molecule has 0 aliphatic heterocycles. The smallest absolute Gasteiger partial charge is 0.272 e. The van der Waals surface area contributed by atoms with Crippen LogP contribution in [0.4, 0.5) is 11.4 Å². The molecule has 0 saturated heterocycles. The van der Waals surface area contributed by atoms with E-state index in [0.717, 1.165) is 33.4 Å². The number of hydrogen-bond acceptors (Lipinski definition) is 4. The highest BCUT2D eigenvalue weighted by Gasteiger charge is 2.16. The van der Waals surface area contributed by atoms with Crippen LogP contribution in [0.5, 0.6) is 0 Å². The predicted octanol–water partition coefficient (Wildman–Crippen LogP) is 8.61. The lowest BCUT2D eigenvalue weighted by Gasteiger charge is -2.12. The Balaban J connectivity index is 1.09. The number of halogens is 1.